The number of imidazole rings is 1. The fourth-order valence-corrected chi connectivity index (χ4v) is 18.7. The molecular weight excluding hydrogens is 1780 g/mol. The first-order valence-electron chi connectivity index (χ1n) is 42.0. The van der Waals surface area contributed by atoms with E-state index in [2.05, 4.69) is 72.1 Å². The van der Waals surface area contributed by atoms with Gasteiger partial charge in [0.15, 0.2) is 0 Å². The number of nitrogens with zero attached hydrogens (tertiary/aromatic N) is 12. The Labute approximate surface area is 760 Å². The molecule has 19 rings (SSSR count). The molecule has 1 aliphatic carbocycles. The number of carboxylic acid groups (broad SMARTS) is 1. The van der Waals surface area contributed by atoms with E-state index in [9.17, 15) is 53.1 Å². The number of hydrogen-bond donors (Lipinski definition) is 11. The smallest absolute Gasteiger partial charge is 0.305 e. The van der Waals surface area contributed by atoms with Gasteiger partial charge in [0.2, 0.25) is 47.3 Å². The van der Waals surface area contributed by atoms with Gasteiger partial charge in [0.25, 0.3) is 5.91 Å². The molecule has 33 nitrogen and oxygen atoms in total. The Morgan fingerprint density at radius 2 is 1.02 bits per heavy atom. The zero-order valence-corrected chi connectivity index (χ0v) is 72.9. The van der Waals surface area contributed by atoms with Crippen LogP contribution in [0.2, 0.25) is 0 Å². The van der Waals surface area contributed by atoms with Crippen LogP contribution in [-0.2, 0) is 69.0 Å². The molecule has 9 aromatic heterocycles. The van der Waals surface area contributed by atoms with Crippen LogP contribution in [0.5, 0.6) is 0 Å². The first-order chi connectivity index (χ1) is 62.9. The molecule has 2 saturated heterocycles. The number of para-hydroxylation sites is 4. The van der Waals surface area contributed by atoms with Gasteiger partial charge in [0.05, 0.1) is 101 Å². The van der Waals surface area contributed by atoms with Gasteiger partial charge >= 0.3 is 5.97 Å². The van der Waals surface area contributed by atoms with Crippen LogP contribution >= 0.6 is 21.6 Å². The summed E-state index contributed by atoms with van der Waals surface area (Å²) in [6.45, 7) is -0.559. The number of fused-ring (bicyclic) bond motifs is 22. The van der Waals surface area contributed by atoms with Gasteiger partial charge in [0, 0.05) is 138 Å². The van der Waals surface area contributed by atoms with Crippen molar-refractivity contribution in [2.75, 3.05) is 37.7 Å². The van der Waals surface area contributed by atoms with Crippen LogP contribution in [0.4, 0.5) is 0 Å². The monoisotopic (exact) mass is 1860 g/mol. The number of carbonyl (C=O) groups excluding carboxylic acids is 9. The second-order valence-corrected chi connectivity index (χ2v) is 33.6. The molecule has 130 heavy (non-hydrogen) atoms. The molecule has 6 atom stereocenters. The summed E-state index contributed by atoms with van der Waals surface area (Å²) in [5.74, 6) is -8.20. The van der Waals surface area contributed by atoms with Crippen LogP contribution in [0.15, 0.2) is 213 Å². The summed E-state index contributed by atoms with van der Waals surface area (Å²) in [6.07, 6.45) is 13.2. The van der Waals surface area contributed by atoms with E-state index in [1.165, 1.54) is 4.90 Å². The maximum absolute atomic E-state index is 14.6. The number of H-pyrrole nitrogens is 1. The van der Waals surface area contributed by atoms with Crippen molar-refractivity contribution in [2.45, 2.75) is 94.0 Å². The molecule has 0 radical (unpaired) electrons. The Bertz CT molecular complexity index is 6750. The number of carbonyl (C=O) groups is 10. The van der Waals surface area contributed by atoms with Crippen LogP contribution < -0.4 is 48.7 Å². The molecule has 16 aromatic rings. The molecular formula is C94H84N22O11RuS2. The van der Waals surface area contributed by atoms with Gasteiger partial charge in [-0.25, -0.2) is 24.9 Å². The molecule has 11 heterocycles. The zero-order valence-electron chi connectivity index (χ0n) is 69.5. The minimum Gasteiger partial charge on any atom is -0.481 e. The van der Waals surface area contributed by atoms with Gasteiger partial charge in [-0.2, -0.15) is 0 Å². The number of amides is 9. The van der Waals surface area contributed by atoms with Gasteiger partial charge in [-0.1, -0.05) is 88.3 Å². The molecule has 0 bridgehead atoms. The largest absolute Gasteiger partial charge is 0.481 e. The first-order valence-corrected chi connectivity index (χ1v) is 44.5. The molecule has 6 unspecified atom stereocenters. The van der Waals surface area contributed by atoms with Gasteiger partial charge in [-0.05, 0) is 171 Å². The van der Waals surface area contributed by atoms with Crippen LogP contribution in [0, 0.1) is 0 Å². The van der Waals surface area contributed by atoms with E-state index in [0.717, 1.165) is 159 Å². The minimum atomic E-state index is -1.74. The SMILES string of the molecule is NCCCCC1NC(=O)C(NC(=O)CCNC(=O)c2ccc(-c3nc4c5cccnc5c5ncccc5c4[nH]3)cc2)CSSCC(C(N)=O)NC(=O)C2CCCN2C(=O)C(CC2=CCc3ccccc32)NC(=O)C(CC(=O)O)NC(=O)CNC1=O.[Ru].c1ccc2nc3c4cccnc4c4ncccc4c3nc2c1.c1ccc2nc3c4cccnc4c4ncccc4c3nc2c1. The van der Waals surface area contributed by atoms with Crippen molar-refractivity contribution >= 4 is 207 Å². The maximum Gasteiger partial charge on any atom is 0.305 e. The number of rotatable bonds is 15. The summed E-state index contributed by atoms with van der Waals surface area (Å²) in [4.78, 5) is 192. The number of unbranched alkanes of at least 4 members (excludes halogenated alkanes) is 1. The number of nitrogens with two attached hydrogens (primary N) is 2. The van der Waals surface area contributed by atoms with Crippen LogP contribution in [0.25, 0.3) is 138 Å². The first kappa shape index (κ1) is 88.8. The fraction of sp³-hybridized carbons (Fsp3) is 0.223. The predicted octanol–water partition coefficient (Wildman–Crippen LogP) is 9.25. The molecule has 9 amide bonds. The normalized spacial score (nSPS) is 17.8. The van der Waals surface area contributed by atoms with Gasteiger partial charge in [-0.15, -0.1) is 0 Å². The summed E-state index contributed by atoms with van der Waals surface area (Å²) in [5, 5.41) is 33.7. The minimum absolute atomic E-state index is 0. The molecule has 2 fully saturated rings. The molecule has 36 heteroatoms. The average molecular weight is 1860 g/mol. The molecule has 7 aromatic carbocycles. The molecule has 2 aliphatic heterocycles. The fourth-order valence-electron chi connectivity index (χ4n) is 16.4. The van der Waals surface area contributed by atoms with Gasteiger partial charge in [-0.3, -0.25) is 77.8 Å². The van der Waals surface area contributed by atoms with Crippen LogP contribution in [-0.4, -0.2) is 203 Å². The predicted molar refractivity (Wildman–Crippen MR) is 494 cm³/mol. The van der Waals surface area contributed by atoms with E-state index >= 15 is 0 Å². The number of nitrogens with one attached hydrogen (secondary N) is 8. The summed E-state index contributed by atoms with van der Waals surface area (Å²) < 4.78 is 0. The third-order valence-electron chi connectivity index (χ3n) is 22.7. The summed E-state index contributed by atoms with van der Waals surface area (Å²) in [6, 6.07) is 45.3. The molecule has 0 spiro atoms. The topological polar surface area (TPSA) is 488 Å². The number of benzene rings is 7. The van der Waals surface area contributed by atoms with Crippen molar-refractivity contribution in [3.05, 3.63) is 230 Å². The second-order valence-electron chi connectivity index (χ2n) is 31.1. The third kappa shape index (κ3) is 19.3. The summed E-state index contributed by atoms with van der Waals surface area (Å²) in [7, 11) is 2.10. The van der Waals surface area contributed by atoms with Crippen molar-refractivity contribution < 1.29 is 72.5 Å². The standard InChI is InChI=1S/C58H64N14O11S2.2C18H10N4.Ru/c59-21-4-3-12-38-54(79)64-28-45(74)65-39(27-46(75)76)55(80)68-40(26-34-19-14-31-8-1-2-9-35(31)34)58(83)72-25-7-13-43(72)57(82)69-41(51(60)77)29-84-85-30-42(56(81)67-38)66-44(73)20-24-63-53(78)33-17-15-32(16-18-33)52-70-49-36-10-5-22-61-47(36)48-37(50(49)71-52)11-6-23-62-48;2*1-2-8-14-13(7-1)21-17-11-5-3-9-19-15(11)16-12(18(17)22-14)6-4-10-20-16;/h1-2,5-6,8-11,15-19,22-23,38-43H,3-4,7,12-14,20-21,24-30,59H2,(H2,60,77)(H,63,78)(H,64,79)(H,65,74)(H,66,73)(H,67,81)(H,68,80)(H,69,82)(H,70,71)(H,75,76);2*1-10H;. The number of aromatic amines is 1. The van der Waals surface area contributed by atoms with Crippen LogP contribution in [0.1, 0.15) is 72.9 Å². The van der Waals surface area contributed by atoms with Crippen molar-refractivity contribution in [2.24, 2.45) is 11.5 Å². The second kappa shape index (κ2) is 40.2. The Kier molecular flexibility index (Phi) is 27.4. The van der Waals surface area contributed by atoms with E-state index in [0.29, 0.717) is 42.6 Å². The van der Waals surface area contributed by atoms with Crippen LogP contribution in [0.3, 0.4) is 0 Å². The van der Waals surface area contributed by atoms with Crippen molar-refractivity contribution in [3.63, 3.8) is 0 Å². The number of aromatic nitrogens is 12. The molecule has 13 N–H and O–H groups in total. The number of hydrogen-bond acceptors (Lipinski definition) is 24. The van der Waals surface area contributed by atoms with Crippen molar-refractivity contribution in [3.8, 4) is 11.4 Å². The van der Waals surface area contributed by atoms with E-state index in [4.69, 9.17) is 36.4 Å². The Morgan fingerprint density at radius 3 is 1.56 bits per heavy atom. The summed E-state index contributed by atoms with van der Waals surface area (Å²) in [5.41, 5.74) is 28.6. The molecule has 656 valence electrons. The number of carboxylic acids is 1. The molecule has 0 saturated carbocycles. The number of pyridine rings is 6. The maximum atomic E-state index is 14.6. The van der Waals surface area contributed by atoms with Crippen molar-refractivity contribution in [1.82, 2.24) is 102 Å². The summed E-state index contributed by atoms with van der Waals surface area (Å²) >= 11 is 0. The Balaban J connectivity index is 0.000000217. The zero-order chi connectivity index (χ0) is 89.2. The van der Waals surface area contributed by atoms with E-state index < -0.39 is 108 Å². The Hall–Kier alpha value is -14.6. The molecule has 3 aliphatic rings. The van der Waals surface area contributed by atoms with E-state index in [1.54, 1.807) is 61.4 Å². The van der Waals surface area contributed by atoms with Gasteiger partial charge < -0.3 is 63.7 Å². The number of primary amides is 1. The average Bonchev–Trinajstić information content (AvgIpc) is 1.35. The number of allylic oxidation sites excluding steroid dienone is 1. The quantitative estimate of drug-likeness (QED) is 0.0150. The Morgan fingerprint density at radius 1 is 0.515 bits per heavy atom. The van der Waals surface area contributed by atoms with E-state index in [-0.39, 0.29) is 76.3 Å². The van der Waals surface area contributed by atoms with Crippen molar-refractivity contribution in [1.29, 1.82) is 0 Å². The number of aliphatic carboxylic acids is 1. The van der Waals surface area contributed by atoms with E-state index in [1.807, 2.05) is 152 Å². The third-order valence-corrected chi connectivity index (χ3v) is 25.1. The van der Waals surface area contributed by atoms with Gasteiger partial charge in [0.1, 0.15) is 42.1 Å².